The Balaban J connectivity index is 2.40. The van der Waals surface area contributed by atoms with Crippen LogP contribution in [0.5, 0.6) is 0 Å². The molecule has 0 radical (unpaired) electrons. The molecule has 29 heavy (non-hydrogen) atoms. The zero-order valence-electron chi connectivity index (χ0n) is 16.8. The van der Waals surface area contributed by atoms with Crippen LogP contribution in [0.15, 0.2) is 0 Å². The highest BCUT2D eigenvalue weighted by Crippen LogP contribution is 2.22. The molecule has 5 nitrogen and oxygen atoms in total. The molecule has 0 aliphatic carbocycles. The van der Waals surface area contributed by atoms with Crippen molar-refractivity contribution in [3.63, 3.8) is 0 Å². The van der Waals surface area contributed by atoms with Crippen LogP contribution in [-0.4, -0.2) is 40.9 Å². The summed E-state index contributed by atoms with van der Waals surface area (Å²) in [5.41, 5.74) is -1.49. The first kappa shape index (κ1) is 25.5. The molecule has 0 aliphatic rings. The Hall–Kier alpha value is -1.56. The number of carbonyl (C=O) groups excluding carboxylic acids is 1. The van der Waals surface area contributed by atoms with Gasteiger partial charge in [0.2, 0.25) is 5.82 Å². The first-order chi connectivity index (χ1) is 13.6. The van der Waals surface area contributed by atoms with Gasteiger partial charge >= 0.3 is 0 Å². The second kappa shape index (κ2) is 12.2. The van der Waals surface area contributed by atoms with E-state index in [9.17, 15) is 26.7 Å². The molecule has 1 aromatic rings. The fourth-order valence-corrected chi connectivity index (χ4v) is 3.31. The molecule has 0 unspecified atom stereocenters. The topological polar surface area (TPSA) is 56.8 Å². The van der Waals surface area contributed by atoms with Gasteiger partial charge in [0, 0.05) is 6.54 Å². The molecule has 1 rings (SSSR count). The maximum absolute atomic E-state index is 13.6. The van der Waals surface area contributed by atoms with Gasteiger partial charge in [0.15, 0.2) is 33.0 Å². The summed E-state index contributed by atoms with van der Waals surface area (Å²) in [4.78, 5) is 11.8. The van der Waals surface area contributed by atoms with Crippen LogP contribution < -0.4 is 5.32 Å². The van der Waals surface area contributed by atoms with Gasteiger partial charge in [-0.1, -0.05) is 6.42 Å². The Morgan fingerprint density at radius 1 is 0.862 bits per heavy atom. The number of halogens is 5. The largest absolute Gasteiger partial charge is 0.379 e. The lowest BCUT2D eigenvalue weighted by atomic mass is 10.1. The fourth-order valence-electron chi connectivity index (χ4n) is 2.23. The van der Waals surface area contributed by atoms with Crippen LogP contribution in [0, 0.1) is 29.1 Å². The van der Waals surface area contributed by atoms with Crippen molar-refractivity contribution in [2.45, 2.75) is 65.3 Å². The highest BCUT2D eigenvalue weighted by molar-refractivity contribution is 6.27. The van der Waals surface area contributed by atoms with E-state index >= 15 is 0 Å². The smallest absolute Gasteiger partial charge is 0.262 e. The quantitative estimate of drug-likeness (QED) is 0.134. The SMILES string of the molecule is CC(C)OC(O[SiH2]CCCCNC(=O)c1c(F)c(F)c(F)c(F)c1F)OC(C)C. The van der Waals surface area contributed by atoms with Crippen molar-refractivity contribution >= 4 is 15.7 Å². The van der Waals surface area contributed by atoms with Crippen molar-refractivity contribution in [1.29, 1.82) is 0 Å². The Labute approximate surface area is 168 Å². The second-order valence-electron chi connectivity index (χ2n) is 6.79. The number of nitrogens with one attached hydrogen (secondary N) is 1. The van der Waals surface area contributed by atoms with Crippen LogP contribution in [0.2, 0.25) is 6.04 Å². The minimum atomic E-state index is -2.30. The van der Waals surface area contributed by atoms with Crippen LogP contribution in [0.4, 0.5) is 22.0 Å². The van der Waals surface area contributed by atoms with E-state index in [4.69, 9.17) is 13.9 Å². The molecule has 0 fully saturated rings. The zero-order valence-corrected chi connectivity index (χ0v) is 18.2. The molecule has 0 saturated carbocycles. The lowest BCUT2D eigenvalue weighted by Crippen LogP contribution is -2.29. The standard InChI is InChI=1S/C18H26F5NO4Si/c1-9(2)26-18(27-10(3)4)28-29-8-6-5-7-24-17(25)11-12(19)14(21)16(23)15(22)13(11)20/h9-10,18H,5-8,29H2,1-4H3,(H,24,25). The summed E-state index contributed by atoms with van der Waals surface area (Å²) < 4.78 is 83.0. The van der Waals surface area contributed by atoms with E-state index in [0.717, 1.165) is 6.04 Å². The van der Waals surface area contributed by atoms with E-state index in [-0.39, 0.29) is 18.8 Å². The van der Waals surface area contributed by atoms with Crippen molar-refractivity contribution in [3.8, 4) is 0 Å². The highest BCUT2D eigenvalue weighted by atomic mass is 28.2. The minimum absolute atomic E-state index is 0.0150. The number of hydrogen-bond donors (Lipinski definition) is 1. The van der Waals surface area contributed by atoms with E-state index in [0.29, 0.717) is 12.8 Å². The van der Waals surface area contributed by atoms with Gasteiger partial charge in [0.05, 0.1) is 12.2 Å². The van der Waals surface area contributed by atoms with Crippen molar-refractivity contribution < 1.29 is 40.6 Å². The molecule has 0 aliphatic heterocycles. The van der Waals surface area contributed by atoms with Gasteiger partial charge in [0.1, 0.15) is 5.56 Å². The number of unbranched alkanes of at least 4 members (excludes halogenated alkanes) is 1. The molecule has 0 saturated heterocycles. The van der Waals surface area contributed by atoms with E-state index in [1.165, 1.54) is 0 Å². The van der Waals surface area contributed by atoms with Crippen molar-refractivity contribution in [1.82, 2.24) is 5.32 Å². The van der Waals surface area contributed by atoms with Crippen LogP contribution in [-0.2, 0) is 13.9 Å². The lowest BCUT2D eigenvalue weighted by Gasteiger charge is -2.23. The molecule has 166 valence electrons. The Kier molecular flexibility index (Phi) is 10.7. The maximum Gasteiger partial charge on any atom is 0.262 e. The van der Waals surface area contributed by atoms with Gasteiger partial charge in [-0.2, -0.15) is 0 Å². The third kappa shape index (κ3) is 7.99. The first-order valence-corrected chi connectivity index (χ1v) is 10.9. The van der Waals surface area contributed by atoms with E-state index in [1.807, 2.05) is 27.7 Å². The monoisotopic (exact) mass is 443 g/mol. The zero-order chi connectivity index (χ0) is 22.1. The summed E-state index contributed by atoms with van der Waals surface area (Å²) >= 11 is 0. The predicted molar refractivity (Wildman–Crippen MR) is 98.5 cm³/mol. The highest BCUT2D eigenvalue weighted by Gasteiger charge is 2.29. The van der Waals surface area contributed by atoms with Gasteiger partial charge in [-0.3, -0.25) is 4.79 Å². The summed E-state index contributed by atoms with van der Waals surface area (Å²) in [5.74, 6) is -12.3. The lowest BCUT2D eigenvalue weighted by molar-refractivity contribution is -0.275. The summed E-state index contributed by atoms with van der Waals surface area (Å²) in [6.45, 7) is 6.70. The van der Waals surface area contributed by atoms with Crippen LogP contribution in [0.1, 0.15) is 50.9 Å². The van der Waals surface area contributed by atoms with Crippen LogP contribution >= 0.6 is 0 Å². The Bertz CT molecular complexity index is 652. The molecular formula is C18H26F5NO4Si. The first-order valence-electron chi connectivity index (χ1n) is 9.28. The minimum Gasteiger partial charge on any atom is -0.379 e. The third-order valence-electron chi connectivity index (χ3n) is 3.56. The summed E-state index contributed by atoms with van der Waals surface area (Å²) in [6, 6.07) is 0.720. The number of ether oxygens (including phenoxy) is 2. The van der Waals surface area contributed by atoms with E-state index < -0.39 is 56.8 Å². The summed E-state index contributed by atoms with van der Waals surface area (Å²) in [7, 11) is -0.972. The van der Waals surface area contributed by atoms with Gasteiger partial charge in [-0.15, -0.1) is 0 Å². The number of amides is 1. The van der Waals surface area contributed by atoms with Crippen LogP contribution in [0.25, 0.3) is 0 Å². The van der Waals surface area contributed by atoms with Crippen LogP contribution in [0.3, 0.4) is 0 Å². The molecule has 1 N–H and O–H groups in total. The molecule has 11 heteroatoms. The van der Waals surface area contributed by atoms with Crippen molar-refractivity contribution in [2.24, 2.45) is 0 Å². The normalized spacial score (nSPS) is 12.1. The molecule has 1 amide bonds. The van der Waals surface area contributed by atoms with Gasteiger partial charge in [-0.25, -0.2) is 22.0 Å². The second-order valence-corrected chi connectivity index (χ2v) is 8.24. The van der Waals surface area contributed by atoms with Gasteiger partial charge in [0.25, 0.3) is 12.4 Å². The molecular weight excluding hydrogens is 417 g/mol. The number of rotatable bonds is 12. The third-order valence-corrected chi connectivity index (χ3v) is 4.86. The van der Waals surface area contributed by atoms with Crippen molar-refractivity contribution in [2.75, 3.05) is 6.54 Å². The van der Waals surface area contributed by atoms with E-state index in [2.05, 4.69) is 5.32 Å². The number of carbonyl (C=O) groups is 1. The number of hydrogen-bond acceptors (Lipinski definition) is 4. The van der Waals surface area contributed by atoms with Crippen molar-refractivity contribution in [3.05, 3.63) is 34.6 Å². The predicted octanol–water partition coefficient (Wildman–Crippen LogP) is 3.54. The molecule has 0 aromatic heterocycles. The average molecular weight is 443 g/mol. The van der Waals surface area contributed by atoms with Gasteiger partial charge < -0.3 is 19.2 Å². The van der Waals surface area contributed by atoms with E-state index in [1.54, 1.807) is 0 Å². The summed E-state index contributed by atoms with van der Waals surface area (Å²) in [6.07, 6.45) is 0.951. The maximum atomic E-state index is 13.6. The molecule has 0 bridgehead atoms. The molecule has 0 atom stereocenters. The molecule has 0 heterocycles. The summed E-state index contributed by atoms with van der Waals surface area (Å²) in [5, 5.41) is 2.16. The molecule has 0 spiro atoms. The average Bonchev–Trinajstić information content (AvgIpc) is 2.63. The number of benzene rings is 1. The Morgan fingerprint density at radius 2 is 1.34 bits per heavy atom. The van der Waals surface area contributed by atoms with Gasteiger partial charge in [-0.05, 0) is 40.2 Å². The Morgan fingerprint density at radius 3 is 1.83 bits per heavy atom. The fraction of sp³-hybridized carbons (Fsp3) is 0.611. The molecule has 1 aromatic carbocycles.